The zero-order chi connectivity index (χ0) is 21.2. The van der Waals surface area contributed by atoms with E-state index in [1.165, 1.54) is 6.07 Å². The Balaban J connectivity index is 1.55. The van der Waals surface area contributed by atoms with Crippen LogP contribution in [0.2, 0.25) is 0 Å². The standard InChI is InChI=1S/C19H16F3N3O4/c1-10-17(27)25-14-8-13(6-7-15(14)29-10)24-16(26)9-23-18(28)11-2-4-12(5-3-11)19(20,21)22/h2-8,10H,9H2,1H3,(H,23,28)(H,24,26)(H,25,27)/t10-/m1/s1. The zero-order valence-electron chi connectivity index (χ0n) is 15.1. The number of rotatable bonds is 4. The molecular weight excluding hydrogens is 391 g/mol. The Kier molecular flexibility index (Phi) is 5.44. The van der Waals surface area contributed by atoms with Crippen molar-refractivity contribution in [2.45, 2.75) is 19.2 Å². The van der Waals surface area contributed by atoms with Gasteiger partial charge >= 0.3 is 6.18 Å². The summed E-state index contributed by atoms with van der Waals surface area (Å²) in [6.07, 6.45) is -5.12. The van der Waals surface area contributed by atoms with Gasteiger partial charge in [0.2, 0.25) is 5.91 Å². The number of halogens is 3. The third-order valence-electron chi connectivity index (χ3n) is 4.08. The van der Waals surface area contributed by atoms with Crippen LogP contribution in [0.25, 0.3) is 0 Å². The maximum Gasteiger partial charge on any atom is 0.416 e. The van der Waals surface area contributed by atoms with E-state index in [-0.39, 0.29) is 11.5 Å². The van der Waals surface area contributed by atoms with Gasteiger partial charge in [0.05, 0.1) is 17.8 Å². The van der Waals surface area contributed by atoms with Gasteiger partial charge in [-0.1, -0.05) is 0 Å². The molecule has 2 aromatic rings. The number of carbonyl (C=O) groups excluding carboxylic acids is 3. The van der Waals surface area contributed by atoms with E-state index in [0.717, 1.165) is 24.3 Å². The van der Waals surface area contributed by atoms with Crippen LogP contribution in [0.15, 0.2) is 42.5 Å². The fourth-order valence-electron chi connectivity index (χ4n) is 2.56. The van der Waals surface area contributed by atoms with Gasteiger partial charge in [-0.3, -0.25) is 14.4 Å². The van der Waals surface area contributed by atoms with E-state index < -0.39 is 36.2 Å². The van der Waals surface area contributed by atoms with Crippen molar-refractivity contribution in [3.63, 3.8) is 0 Å². The van der Waals surface area contributed by atoms with Gasteiger partial charge in [-0.2, -0.15) is 13.2 Å². The molecule has 1 aliphatic rings. The molecule has 29 heavy (non-hydrogen) atoms. The highest BCUT2D eigenvalue weighted by molar-refractivity contribution is 6.01. The Bertz CT molecular complexity index is 958. The number of alkyl halides is 3. The maximum absolute atomic E-state index is 12.5. The van der Waals surface area contributed by atoms with E-state index in [2.05, 4.69) is 16.0 Å². The molecule has 0 aromatic heterocycles. The van der Waals surface area contributed by atoms with Gasteiger partial charge in [0.25, 0.3) is 11.8 Å². The van der Waals surface area contributed by atoms with Gasteiger partial charge < -0.3 is 20.7 Å². The van der Waals surface area contributed by atoms with Gasteiger partial charge in [0, 0.05) is 11.3 Å². The molecule has 1 atom stereocenters. The average Bonchev–Trinajstić information content (AvgIpc) is 2.66. The minimum Gasteiger partial charge on any atom is -0.479 e. The molecule has 152 valence electrons. The number of benzene rings is 2. The molecule has 2 aromatic carbocycles. The summed E-state index contributed by atoms with van der Waals surface area (Å²) in [4.78, 5) is 35.7. The van der Waals surface area contributed by atoms with Gasteiger partial charge in [-0.25, -0.2) is 0 Å². The topological polar surface area (TPSA) is 96.5 Å². The third kappa shape index (κ3) is 4.84. The summed E-state index contributed by atoms with van der Waals surface area (Å²) < 4.78 is 43.0. The van der Waals surface area contributed by atoms with Crippen LogP contribution in [0.1, 0.15) is 22.8 Å². The van der Waals surface area contributed by atoms with Crippen LogP contribution in [0.4, 0.5) is 24.5 Å². The second kappa shape index (κ2) is 7.82. The Morgan fingerprint density at radius 2 is 1.83 bits per heavy atom. The van der Waals surface area contributed by atoms with Crippen LogP contribution in [-0.2, 0) is 15.8 Å². The number of hydrogen-bond donors (Lipinski definition) is 3. The molecule has 0 unspecified atom stereocenters. The first kappa shape index (κ1) is 20.2. The molecule has 0 saturated carbocycles. The number of fused-ring (bicyclic) bond motifs is 1. The van der Waals surface area contributed by atoms with Gasteiger partial charge in [0.15, 0.2) is 6.10 Å². The average molecular weight is 407 g/mol. The van der Waals surface area contributed by atoms with Crippen LogP contribution in [0.3, 0.4) is 0 Å². The molecule has 0 bridgehead atoms. The zero-order valence-corrected chi connectivity index (χ0v) is 15.1. The summed E-state index contributed by atoms with van der Waals surface area (Å²) in [5.41, 5.74) is -0.103. The number of amides is 3. The monoisotopic (exact) mass is 407 g/mol. The first-order chi connectivity index (χ1) is 13.6. The lowest BCUT2D eigenvalue weighted by molar-refractivity contribution is -0.137. The molecule has 7 nitrogen and oxygen atoms in total. The van der Waals surface area contributed by atoms with E-state index in [4.69, 9.17) is 4.74 Å². The van der Waals surface area contributed by atoms with Crippen LogP contribution in [-0.4, -0.2) is 30.4 Å². The quantitative estimate of drug-likeness (QED) is 0.726. The van der Waals surface area contributed by atoms with Crippen molar-refractivity contribution in [2.24, 2.45) is 0 Å². The summed E-state index contributed by atoms with van der Waals surface area (Å²) in [6.45, 7) is 1.21. The molecule has 1 heterocycles. The molecule has 3 rings (SSSR count). The normalized spacial score (nSPS) is 15.6. The van der Waals surface area contributed by atoms with Gasteiger partial charge in [0.1, 0.15) is 5.75 Å². The van der Waals surface area contributed by atoms with Crippen molar-refractivity contribution in [3.8, 4) is 5.75 Å². The molecule has 1 aliphatic heterocycles. The molecule has 0 radical (unpaired) electrons. The molecule has 3 amide bonds. The number of carbonyl (C=O) groups is 3. The lowest BCUT2D eigenvalue weighted by atomic mass is 10.1. The van der Waals surface area contributed by atoms with Crippen molar-refractivity contribution < 1.29 is 32.3 Å². The lowest BCUT2D eigenvalue weighted by Gasteiger charge is -2.23. The Morgan fingerprint density at radius 1 is 1.14 bits per heavy atom. The Morgan fingerprint density at radius 3 is 2.48 bits per heavy atom. The predicted octanol–water partition coefficient (Wildman–Crippen LogP) is 2.79. The van der Waals surface area contributed by atoms with Crippen LogP contribution < -0.4 is 20.7 Å². The highest BCUT2D eigenvalue weighted by Crippen LogP contribution is 2.32. The number of anilines is 2. The molecule has 0 aliphatic carbocycles. The Hall–Kier alpha value is -3.56. The minimum atomic E-state index is -4.49. The van der Waals surface area contributed by atoms with Crippen LogP contribution in [0, 0.1) is 0 Å². The summed E-state index contributed by atoms with van der Waals surface area (Å²) in [5, 5.41) is 7.52. The summed E-state index contributed by atoms with van der Waals surface area (Å²) >= 11 is 0. The first-order valence-corrected chi connectivity index (χ1v) is 8.50. The smallest absolute Gasteiger partial charge is 0.416 e. The van der Waals surface area contributed by atoms with E-state index in [9.17, 15) is 27.6 Å². The van der Waals surface area contributed by atoms with Gasteiger partial charge in [-0.15, -0.1) is 0 Å². The largest absolute Gasteiger partial charge is 0.479 e. The molecule has 10 heteroatoms. The highest BCUT2D eigenvalue weighted by atomic mass is 19.4. The SMILES string of the molecule is C[C@H]1Oc2ccc(NC(=O)CNC(=O)c3ccc(C(F)(F)F)cc3)cc2NC1=O. The minimum absolute atomic E-state index is 0.00596. The second-order valence-electron chi connectivity index (χ2n) is 6.27. The summed E-state index contributed by atoms with van der Waals surface area (Å²) in [7, 11) is 0. The number of nitrogens with one attached hydrogen (secondary N) is 3. The molecule has 0 fully saturated rings. The molecule has 3 N–H and O–H groups in total. The van der Waals surface area contributed by atoms with E-state index in [0.29, 0.717) is 17.1 Å². The second-order valence-corrected chi connectivity index (χ2v) is 6.27. The van der Waals surface area contributed by atoms with Crippen LogP contribution >= 0.6 is 0 Å². The number of hydrogen-bond acceptors (Lipinski definition) is 4. The fraction of sp³-hybridized carbons (Fsp3) is 0.211. The number of ether oxygens (including phenoxy) is 1. The van der Waals surface area contributed by atoms with Crippen molar-refractivity contribution in [1.29, 1.82) is 0 Å². The maximum atomic E-state index is 12.5. The van der Waals surface area contributed by atoms with E-state index >= 15 is 0 Å². The fourth-order valence-corrected chi connectivity index (χ4v) is 2.56. The predicted molar refractivity (Wildman–Crippen MR) is 97.6 cm³/mol. The van der Waals surface area contributed by atoms with E-state index in [1.54, 1.807) is 19.1 Å². The van der Waals surface area contributed by atoms with Crippen molar-refractivity contribution in [3.05, 3.63) is 53.6 Å². The summed E-state index contributed by atoms with van der Waals surface area (Å²) in [6, 6.07) is 8.31. The highest BCUT2D eigenvalue weighted by Gasteiger charge is 2.30. The lowest BCUT2D eigenvalue weighted by Crippen LogP contribution is -2.34. The molecule has 0 saturated heterocycles. The van der Waals surface area contributed by atoms with Crippen molar-refractivity contribution in [2.75, 3.05) is 17.2 Å². The molecule has 0 spiro atoms. The third-order valence-corrected chi connectivity index (χ3v) is 4.08. The van der Waals surface area contributed by atoms with Crippen molar-refractivity contribution in [1.82, 2.24) is 5.32 Å². The molecular formula is C19H16F3N3O4. The summed E-state index contributed by atoms with van der Waals surface area (Å²) in [5.74, 6) is -1.09. The van der Waals surface area contributed by atoms with E-state index in [1.807, 2.05) is 0 Å². The first-order valence-electron chi connectivity index (χ1n) is 8.50. The van der Waals surface area contributed by atoms with Crippen molar-refractivity contribution >= 4 is 29.1 Å². The van der Waals surface area contributed by atoms with Crippen LogP contribution in [0.5, 0.6) is 5.75 Å². The van der Waals surface area contributed by atoms with Gasteiger partial charge in [-0.05, 0) is 49.4 Å². The Labute approximate surface area is 163 Å².